The average molecular weight is 463 g/mol. The quantitative estimate of drug-likeness (QED) is 0.386. The standard InChI is InChI=1S/C28H26N6O/c1-18-8-9-22(34-27(35)21-10-11-31-25(13-21)28(2,3)16-29)14-23(18)19-6-5-7-20(12-19)24-15-26(30-4)33-17-32-24/h5-15,17H,1-4H3,(H,34,35)(H,30,32,33). The Kier molecular flexibility index (Phi) is 6.56. The lowest BCUT2D eigenvalue weighted by atomic mass is 9.90. The molecule has 174 valence electrons. The SMILES string of the molecule is CNc1cc(-c2cccc(-c3cc(NC(=O)c4ccnc(C(C)(C)C#N)c4)ccc3C)c2)ncn1. The van der Waals surface area contributed by atoms with Crippen molar-refractivity contribution in [3.8, 4) is 28.5 Å². The molecule has 0 aliphatic heterocycles. The number of hydrogen-bond donors (Lipinski definition) is 2. The van der Waals surface area contributed by atoms with Crippen LogP contribution in [0.25, 0.3) is 22.4 Å². The molecule has 7 heteroatoms. The van der Waals surface area contributed by atoms with Crippen LogP contribution < -0.4 is 10.6 Å². The van der Waals surface area contributed by atoms with E-state index in [2.05, 4.69) is 37.7 Å². The van der Waals surface area contributed by atoms with Crippen molar-refractivity contribution in [2.75, 3.05) is 17.7 Å². The highest BCUT2D eigenvalue weighted by atomic mass is 16.1. The van der Waals surface area contributed by atoms with Gasteiger partial charge < -0.3 is 10.6 Å². The molecule has 35 heavy (non-hydrogen) atoms. The van der Waals surface area contributed by atoms with E-state index in [-0.39, 0.29) is 5.91 Å². The van der Waals surface area contributed by atoms with E-state index in [1.807, 2.05) is 56.4 Å². The van der Waals surface area contributed by atoms with Gasteiger partial charge in [0, 0.05) is 36.1 Å². The van der Waals surface area contributed by atoms with Gasteiger partial charge in [0.1, 0.15) is 12.1 Å². The number of carbonyl (C=O) groups excluding carboxylic acids is 1. The number of amides is 1. The van der Waals surface area contributed by atoms with Gasteiger partial charge in [0.2, 0.25) is 0 Å². The maximum absolute atomic E-state index is 13.0. The number of hydrogen-bond acceptors (Lipinski definition) is 6. The third-order valence-electron chi connectivity index (χ3n) is 5.83. The largest absolute Gasteiger partial charge is 0.373 e. The van der Waals surface area contributed by atoms with E-state index < -0.39 is 5.41 Å². The summed E-state index contributed by atoms with van der Waals surface area (Å²) in [5.41, 5.74) is 5.81. The Labute approximate surface area is 204 Å². The van der Waals surface area contributed by atoms with E-state index in [4.69, 9.17) is 0 Å². The fraction of sp³-hybridized carbons (Fsp3) is 0.179. The first-order chi connectivity index (χ1) is 16.8. The van der Waals surface area contributed by atoms with Gasteiger partial charge in [0.15, 0.2) is 0 Å². The Bertz CT molecular complexity index is 1440. The van der Waals surface area contributed by atoms with Gasteiger partial charge in [-0.1, -0.05) is 24.3 Å². The maximum atomic E-state index is 13.0. The molecule has 4 aromatic rings. The number of aryl methyl sites for hydroxylation is 1. The second kappa shape index (κ2) is 9.74. The molecule has 0 aliphatic carbocycles. The zero-order valence-electron chi connectivity index (χ0n) is 20.1. The molecular weight excluding hydrogens is 436 g/mol. The van der Waals surface area contributed by atoms with E-state index in [1.54, 1.807) is 32.2 Å². The second-order valence-electron chi connectivity index (χ2n) is 8.77. The van der Waals surface area contributed by atoms with Gasteiger partial charge in [-0.15, -0.1) is 0 Å². The summed E-state index contributed by atoms with van der Waals surface area (Å²) in [5, 5.41) is 15.4. The maximum Gasteiger partial charge on any atom is 0.255 e. The summed E-state index contributed by atoms with van der Waals surface area (Å²) in [6, 6.07) is 21.4. The lowest BCUT2D eigenvalue weighted by molar-refractivity contribution is 0.102. The number of nitriles is 1. The molecule has 0 saturated heterocycles. The van der Waals surface area contributed by atoms with Crippen LogP contribution in [-0.4, -0.2) is 27.9 Å². The molecule has 2 aromatic heterocycles. The predicted octanol–water partition coefficient (Wildman–Crippen LogP) is 5.61. The molecule has 0 bridgehead atoms. The highest BCUT2D eigenvalue weighted by molar-refractivity contribution is 6.04. The van der Waals surface area contributed by atoms with Crippen LogP contribution in [0.15, 0.2) is 73.2 Å². The van der Waals surface area contributed by atoms with Crippen LogP contribution in [0.1, 0.15) is 35.5 Å². The Balaban J connectivity index is 1.62. The van der Waals surface area contributed by atoms with Crippen molar-refractivity contribution in [1.82, 2.24) is 15.0 Å². The van der Waals surface area contributed by atoms with Crippen LogP contribution in [0.5, 0.6) is 0 Å². The Morgan fingerprint density at radius 2 is 1.77 bits per heavy atom. The number of nitrogens with zero attached hydrogens (tertiary/aromatic N) is 4. The highest BCUT2D eigenvalue weighted by Crippen LogP contribution is 2.30. The Morgan fingerprint density at radius 3 is 2.54 bits per heavy atom. The summed E-state index contributed by atoms with van der Waals surface area (Å²) < 4.78 is 0. The molecule has 0 atom stereocenters. The molecule has 0 saturated carbocycles. The van der Waals surface area contributed by atoms with E-state index in [9.17, 15) is 10.1 Å². The number of aromatic nitrogens is 3. The Morgan fingerprint density at radius 1 is 0.971 bits per heavy atom. The number of benzene rings is 2. The van der Waals surface area contributed by atoms with Gasteiger partial charge in [-0.05, 0) is 67.8 Å². The zero-order chi connectivity index (χ0) is 25.0. The topological polar surface area (TPSA) is 104 Å². The van der Waals surface area contributed by atoms with Crippen LogP contribution in [0.3, 0.4) is 0 Å². The fourth-order valence-corrected chi connectivity index (χ4v) is 3.68. The van der Waals surface area contributed by atoms with Crippen molar-refractivity contribution in [3.05, 3.63) is 90.0 Å². The first kappa shape index (κ1) is 23.6. The second-order valence-corrected chi connectivity index (χ2v) is 8.77. The summed E-state index contributed by atoms with van der Waals surface area (Å²) in [4.78, 5) is 25.8. The van der Waals surface area contributed by atoms with Gasteiger partial charge >= 0.3 is 0 Å². The predicted molar refractivity (Wildman–Crippen MR) is 138 cm³/mol. The smallest absolute Gasteiger partial charge is 0.255 e. The van der Waals surface area contributed by atoms with Crippen molar-refractivity contribution >= 4 is 17.4 Å². The third-order valence-corrected chi connectivity index (χ3v) is 5.83. The van der Waals surface area contributed by atoms with Crippen molar-refractivity contribution < 1.29 is 4.79 Å². The van der Waals surface area contributed by atoms with E-state index in [0.717, 1.165) is 33.8 Å². The molecule has 2 aromatic carbocycles. The zero-order valence-corrected chi connectivity index (χ0v) is 20.1. The summed E-state index contributed by atoms with van der Waals surface area (Å²) >= 11 is 0. The van der Waals surface area contributed by atoms with Crippen LogP contribution in [0.4, 0.5) is 11.5 Å². The molecule has 0 unspecified atom stereocenters. The minimum Gasteiger partial charge on any atom is -0.373 e. The van der Waals surface area contributed by atoms with Crippen LogP contribution in [0, 0.1) is 18.3 Å². The van der Waals surface area contributed by atoms with Crippen LogP contribution in [-0.2, 0) is 5.41 Å². The van der Waals surface area contributed by atoms with E-state index >= 15 is 0 Å². The van der Waals surface area contributed by atoms with Crippen molar-refractivity contribution in [2.45, 2.75) is 26.2 Å². The summed E-state index contributed by atoms with van der Waals surface area (Å²) in [6.07, 6.45) is 3.10. The van der Waals surface area contributed by atoms with Gasteiger partial charge in [0.05, 0.1) is 22.9 Å². The summed E-state index contributed by atoms with van der Waals surface area (Å²) in [5.74, 6) is 0.491. The molecular formula is C28H26N6O. The first-order valence-electron chi connectivity index (χ1n) is 11.2. The molecule has 0 fully saturated rings. The minimum atomic E-state index is -0.782. The number of pyridine rings is 1. The number of nitrogens with one attached hydrogen (secondary N) is 2. The number of rotatable bonds is 6. The normalized spacial score (nSPS) is 10.9. The van der Waals surface area contributed by atoms with E-state index in [1.165, 1.54) is 6.33 Å². The molecule has 1 amide bonds. The molecule has 7 nitrogen and oxygen atoms in total. The number of carbonyl (C=O) groups is 1. The molecule has 0 aliphatic rings. The van der Waals surface area contributed by atoms with Crippen LogP contribution in [0.2, 0.25) is 0 Å². The Hall–Kier alpha value is -4.57. The first-order valence-corrected chi connectivity index (χ1v) is 11.2. The van der Waals surface area contributed by atoms with Crippen molar-refractivity contribution in [3.63, 3.8) is 0 Å². The minimum absolute atomic E-state index is 0.258. The average Bonchev–Trinajstić information content (AvgIpc) is 2.90. The fourth-order valence-electron chi connectivity index (χ4n) is 3.68. The highest BCUT2D eigenvalue weighted by Gasteiger charge is 2.22. The number of anilines is 2. The molecule has 2 N–H and O–H groups in total. The van der Waals surface area contributed by atoms with Gasteiger partial charge in [-0.25, -0.2) is 9.97 Å². The van der Waals surface area contributed by atoms with Gasteiger partial charge in [-0.2, -0.15) is 5.26 Å². The van der Waals surface area contributed by atoms with Crippen LogP contribution >= 0.6 is 0 Å². The van der Waals surface area contributed by atoms with Crippen molar-refractivity contribution in [1.29, 1.82) is 5.26 Å². The van der Waals surface area contributed by atoms with Gasteiger partial charge in [0.25, 0.3) is 5.91 Å². The molecule has 4 rings (SSSR count). The molecule has 0 spiro atoms. The summed E-state index contributed by atoms with van der Waals surface area (Å²) in [7, 11) is 1.82. The summed E-state index contributed by atoms with van der Waals surface area (Å²) in [6.45, 7) is 5.59. The van der Waals surface area contributed by atoms with E-state index in [0.29, 0.717) is 16.9 Å². The molecule has 0 radical (unpaired) electrons. The third kappa shape index (κ3) is 5.17. The van der Waals surface area contributed by atoms with Gasteiger partial charge in [-0.3, -0.25) is 9.78 Å². The van der Waals surface area contributed by atoms with Crippen molar-refractivity contribution in [2.24, 2.45) is 0 Å². The molecule has 2 heterocycles. The lowest BCUT2D eigenvalue weighted by Gasteiger charge is -2.15. The lowest BCUT2D eigenvalue weighted by Crippen LogP contribution is -2.18. The monoisotopic (exact) mass is 462 g/mol.